The Morgan fingerprint density at radius 1 is 1.19 bits per heavy atom. The van der Waals surface area contributed by atoms with Crippen LogP contribution in [0.2, 0.25) is 0 Å². The first kappa shape index (κ1) is 18.6. The number of benzene rings is 1. The molecule has 1 aromatic carbocycles. The lowest BCUT2D eigenvalue weighted by Gasteiger charge is -2.28. The summed E-state index contributed by atoms with van der Waals surface area (Å²) in [5.74, 6) is -3.58. The van der Waals surface area contributed by atoms with Gasteiger partial charge in [-0.1, -0.05) is 23.4 Å². The van der Waals surface area contributed by atoms with E-state index in [4.69, 9.17) is 0 Å². The Hall–Kier alpha value is -2.19. The third-order valence-corrected chi connectivity index (χ3v) is 4.71. The van der Waals surface area contributed by atoms with E-state index in [0.29, 0.717) is 0 Å². The molecule has 1 aliphatic rings. The molecule has 0 bridgehead atoms. The maximum atomic E-state index is 13.3. The van der Waals surface area contributed by atoms with Crippen molar-refractivity contribution in [2.75, 3.05) is 0 Å². The van der Waals surface area contributed by atoms with Gasteiger partial charge >= 0.3 is 11.9 Å². The third kappa shape index (κ3) is 4.13. The summed E-state index contributed by atoms with van der Waals surface area (Å²) in [4.78, 5) is 11.9. The summed E-state index contributed by atoms with van der Waals surface area (Å²) in [6, 6.07) is 5.02. The van der Waals surface area contributed by atoms with Crippen LogP contribution in [-0.4, -0.2) is 15.6 Å². The Bertz CT molecular complexity index is 815. The lowest BCUT2D eigenvalue weighted by atomic mass is 9.86. The van der Waals surface area contributed by atoms with E-state index < -0.39 is 23.4 Å². The molecule has 2 aromatic rings. The highest BCUT2D eigenvalue weighted by molar-refractivity contribution is 5.31. The number of halogens is 5. The molecule has 1 fully saturated rings. The fraction of sp³-hybridized carbons (Fsp3) is 0.529. The quantitative estimate of drug-likeness (QED) is 0.749. The maximum Gasteiger partial charge on any atom is 0.441 e. The molecular formula is C17H17F5N2O2. The second-order valence-electron chi connectivity index (χ2n) is 6.61. The zero-order valence-electron chi connectivity index (χ0n) is 13.7. The van der Waals surface area contributed by atoms with Crippen LogP contribution < -0.4 is 5.76 Å². The molecule has 9 heteroatoms. The fourth-order valence-corrected chi connectivity index (χ4v) is 3.27. The average molecular weight is 376 g/mol. The second-order valence-corrected chi connectivity index (χ2v) is 6.61. The monoisotopic (exact) mass is 376 g/mol. The van der Waals surface area contributed by atoms with E-state index in [-0.39, 0.29) is 56.0 Å². The van der Waals surface area contributed by atoms with Crippen molar-refractivity contribution < 1.29 is 26.5 Å². The predicted molar refractivity (Wildman–Crippen MR) is 81.9 cm³/mol. The van der Waals surface area contributed by atoms with E-state index in [0.717, 1.165) is 10.6 Å². The van der Waals surface area contributed by atoms with Gasteiger partial charge in [-0.15, -0.1) is 0 Å². The van der Waals surface area contributed by atoms with Crippen molar-refractivity contribution >= 4 is 0 Å². The molecular weight excluding hydrogens is 359 g/mol. The minimum absolute atomic E-state index is 0.0303. The van der Waals surface area contributed by atoms with Gasteiger partial charge in [-0.25, -0.2) is 13.6 Å². The van der Waals surface area contributed by atoms with Crippen molar-refractivity contribution in [3.63, 3.8) is 0 Å². The van der Waals surface area contributed by atoms with E-state index in [1.54, 1.807) is 0 Å². The topological polar surface area (TPSA) is 48.0 Å². The normalized spacial score (nSPS) is 18.2. The lowest BCUT2D eigenvalue weighted by Crippen LogP contribution is -2.29. The molecule has 142 valence electrons. The first-order chi connectivity index (χ1) is 12.2. The van der Waals surface area contributed by atoms with E-state index in [1.807, 2.05) is 0 Å². The number of hydrogen-bond acceptors (Lipinski definition) is 3. The Morgan fingerprint density at radius 2 is 1.85 bits per heavy atom. The number of nitrogens with zero attached hydrogens (tertiary/aromatic N) is 2. The van der Waals surface area contributed by atoms with E-state index in [1.165, 1.54) is 18.2 Å². The summed E-state index contributed by atoms with van der Waals surface area (Å²) in [7, 11) is 0. The standard InChI is InChI=1S/C17H17F5N2O2/c18-16(19)7-5-11(6-8-16)10-24-14(23-26-15(24)25)9-12-3-1-2-4-13(12)17(20,21)22/h1-4,11H,5-10H2. The molecule has 3 rings (SSSR count). The Morgan fingerprint density at radius 3 is 2.50 bits per heavy atom. The van der Waals surface area contributed by atoms with Crippen molar-refractivity contribution in [1.82, 2.24) is 9.72 Å². The Kier molecular flexibility index (Phi) is 4.90. The summed E-state index contributed by atoms with van der Waals surface area (Å²) in [5, 5.41) is 3.59. The zero-order chi connectivity index (χ0) is 18.9. The van der Waals surface area contributed by atoms with Gasteiger partial charge in [0.05, 0.1) is 5.56 Å². The van der Waals surface area contributed by atoms with Crippen LogP contribution in [0.5, 0.6) is 0 Å². The molecule has 0 spiro atoms. The molecule has 0 unspecified atom stereocenters. The Labute approximate surface area is 145 Å². The largest absolute Gasteiger partial charge is 0.441 e. The number of aromatic nitrogens is 2. The predicted octanol–water partition coefficient (Wildman–Crippen LogP) is 4.27. The summed E-state index contributed by atoms with van der Waals surface area (Å²) < 4.78 is 71.6. The highest BCUT2D eigenvalue weighted by Gasteiger charge is 2.36. The second kappa shape index (κ2) is 6.85. The smallest absolute Gasteiger partial charge is 0.296 e. The highest BCUT2D eigenvalue weighted by Crippen LogP contribution is 2.37. The number of rotatable bonds is 4. The van der Waals surface area contributed by atoms with Crippen molar-refractivity contribution in [3.8, 4) is 0 Å². The molecule has 1 saturated carbocycles. The van der Waals surface area contributed by atoms with Gasteiger partial charge in [0.1, 0.15) is 0 Å². The van der Waals surface area contributed by atoms with Gasteiger partial charge in [0.25, 0.3) is 0 Å². The molecule has 1 aliphatic carbocycles. The van der Waals surface area contributed by atoms with Crippen molar-refractivity contribution in [2.45, 2.75) is 50.7 Å². The van der Waals surface area contributed by atoms with Gasteiger partial charge in [-0.2, -0.15) is 13.2 Å². The number of hydrogen-bond donors (Lipinski definition) is 0. The summed E-state index contributed by atoms with van der Waals surface area (Å²) >= 11 is 0. The average Bonchev–Trinajstić information content (AvgIpc) is 2.89. The molecule has 1 aromatic heterocycles. The molecule has 0 amide bonds. The lowest BCUT2D eigenvalue weighted by molar-refractivity contribution is -0.138. The SMILES string of the molecule is O=c1onc(Cc2ccccc2C(F)(F)F)n1CC1CCC(F)(F)CC1. The minimum Gasteiger partial charge on any atom is -0.296 e. The third-order valence-electron chi connectivity index (χ3n) is 4.71. The molecule has 0 atom stereocenters. The van der Waals surface area contributed by atoms with E-state index in [2.05, 4.69) is 9.68 Å². The van der Waals surface area contributed by atoms with E-state index >= 15 is 0 Å². The van der Waals surface area contributed by atoms with Gasteiger partial charge < -0.3 is 0 Å². The molecule has 0 radical (unpaired) electrons. The van der Waals surface area contributed by atoms with Crippen LogP contribution in [0.1, 0.15) is 42.6 Å². The first-order valence-corrected chi connectivity index (χ1v) is 8.24. The van der Waals surface area contributed by atoms with Crippen LogP contribution in [0.25, 0.3) is 0 Å². The molecule has 0 saturated heterocycles. The van der Waals surface area contributed by atoms with Crippen LogP contribution >= 0.6 is 0 Å². The molecule has 1 heterocycles. The van der Waals surface area contributed by atoms with E-state index in [9.17, 15) is 26.7 Å². The van der Waals surface area contributed by atoms with Crippen LogP contribution in [-0.2, 0) is 19.1 Å². The van der Waals surface area contributed by atoms with Crippen molar-refractivity contribution in [3.05, 3.63) is 51.8 Å². The summed E-state index contributed by atoms with van der Waals surface area (Å²) in [6.07, 6.45) is -4.80. The van der Waals surface area contributed by atoms with Crippen LogP contribution in [0, 0.1) is 5.92 Å². The van der Waals surface area contributed by atoms with Crippen molar-refractivity contribution in [1.29, 1.82) is 0 Å². The minimum atomic E-state index is -4.53. The van der Waals surface area contributed by atoms with Gasteiger partial charge in [0.2, 0.25) is 5.92 Å². The highest BCUT2D eigenvalue weighted by atomic mass is 19.4. The first-order valence-electron chi connectivity index (χ1n) is 8.24. The van der Waals surface area contributed by atoms with Crippen LogP contribution in [0.15, 0.2) is 33.6 Å². The summed E-state index contributed by atoms with van der Waals surface area (Å²) in [5.41, 5.74) is -0.837. The molecule has 0 N–H and O–H groups in total. The molecule has 4 nitrogen and oxygen atoms in total. The van der Waals surface area contributed by atoms with Crippen molar-refractivity contribution in [2.24, 2.45) is 5.92 Å². The summed E-state index contributed by atoms with van der Waals surface area (Å²) in [6.45, 7) is 0.113. The molecule has 26 heavy (non-hydrogen) atoms. The van der Waals surface area contributed by atoms with Gasteiger partial charge in [0, 0.05) is 25.8 Å². The number of alkyl halides is 5. The van der Waals surface area contributed by atoms with Crippen LogP contribution in [0.4, 0.5) is 22.0 Å². The maximum absolute atomic E-state index is 13.3. The van der Waals surface area contributed by atoms with Gasteiger partial charge in [-0.05, 0) is 30.4 Å². The fourth-order valence-electron chi connectivity index (χ4n) is 3.27. The zero-order valence-corrected chi connectivity index (χ0v) is 13.7. The van der Waals surface area contributed by atoms with Gasteiger partial charge in [-0.3, -0.25) is 9.09 Å². The Balaban J connectivity index is 1.81. The van der Waals surface area contributed by atoms with Gasteiger partial charge in [0.15, 0.2) is 5.82 Å². The van der Waals surface area contributed by atoms with Crippen LogP contribution in [0.3, 0.4) is 0 Å². The molecule has 0 aliphatic heterocycles.